The number of carboxylic acid groups (broad SMARTS) is 1. The fraction of sp³-hybridized carbons (Fsp3) is 0.316. The highest BCUT2D eigenvalue weighted by molar-refractivity contribution is 5.62. The van der Waals surface area contributed by atoms with E-state index in [4.69, 9.17) is 14.6 Å². The van der Waals surface area contributed by atoms with Gasteiger partial charge in [0, 0.05) is 18.6 Å². The molecule has 1 heterocycles. The van der Waals surface area contributed by atoms with Crippen LogP contribution in [0.5, 0.6) is 17.2 Å². The van der Waals surface area contributed by atoms with E-state index >= 15 is 0 Å². The molecule has 0 amide bonds. The van der Waals surface area contributed by atoms with Crippen molar-refractivity contribution in [3.8, 4) is 17.2 Å². The van der Waals surface area contributed by atoms with Crippen molar-refractivity contribution in [3.05, 3.63) is 53.6 Å². The molecule has 126 valence electrons. The fourth-order valence-electron chi connectivity index (χ4n) is 2.79. The average Bonchev–Trinajstić information content (AvgIpc) is 2.83. The molecule has 0 saturated heterocycles. The molecule has 1 unspecified atom stereocenters. The number of hydrogen-bond acceptors (Lipinski definition) is 4. The Kier molecular flexibility index (Phi) is 4.09. The summed E-state index contributed by atoms with van der Waals surface area (Å²) in [6.07, 6.45) is -0.341. The summed E-state index contributed by atoms with van der Waals surface area (Å²) in [5, 5.41) is 8.69. The van der Waals surface area contributed by atoms with Gasteiger partial charge in [-0.1, -0.05) is 38.1 Å². The van der Waals surface area contributed by atoms with Crippen molar-refractivity contribution in [2.75, 3.05) is 0 Å². The topological polar surface area (TPSA) is 65.0 Å². The monoisotopic (exact) mass is 328 g/mol. The summed E-state index contributed by atoms with van der Waals surface area (Å²) in [6.45, 7) is 6.21. The van der Waals surface area contributed by atoms with Gasteiger partial charge in [0.2, 0.25) is 0 Å². The van der Waals surface area contributed by atoms with Crippen molar-refractivity contribution in [1.29, 1.82) is 0 Å². The van der Waals surface area contributed by atoms with Gasteiger partial charge in [-0.3, -0.25) is 0 Å². The Labute approximate surface area is 140 Å². The van der Waals surface area contributed by atoms with E-state index < -0.39 is 11.9 Å². The van der Waals surface area contributed by atoms with Crippen molar-refractivity contribution >= 4 is 6.16 Å². The number of carbonyl (C=O) groups is 1. The lowest BCUT2D eigenvalue weighted by molar-refractivity contribution is -0.0680. The van der Waals surface area contributed by atoms with Crippen LogP contribution in [-0.2, 0) is 12.2 Å². The maximum atomic E-state index is 10.6. The third-order valence-electron chi connectivity index (χ3n) is 3.85. The minimum atomic E-state index is -1.36. The lowest BCUT2D eigenvalue weighted by atomic mass is 9.99. The van der Waals surface area contributed by atoms with Gasteiger partial charge >= 0.3 is 6.16 Å². The second-order valence-electron chi connectivity index (χ2n) is 6.42. The molecule has 1 atom stereocenters. The quantitative estimate of drug-likeness (QED) is 0.657. The molecule has 0 fully saturated rings. The highest BCUT2D eigenvalue weighted by atomic mass is 16.7. The predicted octanol–water partition coefficient (Wildman–Crippen LogP) is 4.59. The van der Waals surface area contributed by atoms with Crippen LogP contribution in [0.25, 0.3) is 0 Å². The lowest BCUT2D eigenvalue weighted by Crippen LogP contribution is -2.31. The molecule has 1 N–H and O–H groups in total. The molecule has 3 rings (SSSR count). The zero-order valence-electron chi connectivity index (χ0n) is 13.9. The third kappa shape index (κ3) is 3.30. The predicted molar refractivity (Wildman–Crippen MR) is 88.7 cm³/mol. The number of rotatable bonds is 4. The van der Waals surface area contributed by atoms with Gasteiger partial charge in [0.05, 0.1) is 0 Å². The van der Waals surface area contributed by atoms with Gasteiger partial charge in [-0.2, -0.15) is 0 Å². The van der Waals surface area contributed by atoms with E-state index in [1.54, 1.807) is 6.07 Å². The Bertz CT molecular complexity index is 751. The molecule has 5 nitrogen and oxygen atoms in total. The van der Waals surface area contributed by atoms with E-state index in [0.717, 1.165) is 12.0 Å². The molecule has 0 spiro atoms. The molecule has 0 aromatic heterocycles. The highest BCUT2D eigenvalue weighted by Crippen LogP contribution is 2.45. The van der Waals surface area contributed by atoms with Crippen LogP contribution in [0.1, 0.15) is 31.9 Å². The summed E-state index contributed by atoms with van der Waals surface area (Å²) in [4.78, 5) is 10.6. The first kappa shape index (κ1) is 16.2. The molecule has 2 aromatic carbocycles. The van der Waals surface area contributed by atoms with Crippen molar-refractivity contribution < 1.29 is 24.1 Å². The van der Waals surface area contributed by atoms with Gasteiger partial charge in [0.15, 0.2) is 11.5 Å². The fourth-order valence-corrected chi connectivity index (χ4v) is 2.79. The van der Waals surface area contributed by atoms with Gasteiger partial charge in [0.25, 0.3) is 5.79 Å². The maximum absolute atomic E-state index is 10.6. The summed E-state index contributed by atoms with van der Waals surface area (Å²) >= 11 is 0. The van der Waals surface area contributed by atoms with Crippen molar-refractivity contribution in [3.63, 3.8) is 0 Å². The van der Waals surface area contributed by atoms with Crippen molar-refractivity contribution in [1.82, 2.24) is 0 Å². The van der Waals surface area contributed by atoms with Crippen LogP contribution in [0.3, 0.4) is 0 Å². The molecule has 5 heteroatoms. The van der Waals surface area contributed by atoms with Gasteiger partial charge in [0.1, 0.15) is 5.75 Å². The molecular weight excluding hydrogens is 308 g/mol. The Hall–Kier alpha value is -2.69. The maximum Gasteiger partial charge on any atom is 0.511 e. The third-order valence-corrected chi connectivity index (χ3v) is 3.85. The van der Waals surface area contributed by atoms with Gasteiger partial charge in [-0.05, 0) is 30.0 Å². The van der Waals surface area contributed by atoms with E-state index in [0.29, 0.717) is 17.4 Å². The standard InChI is InChI=1S/C19H20O5/c1-12(2)10-13-4-6-14(7-5-13)19(3)23-16-9-8-15(22-18(20)21)11-17(16)24-19/h4-9,11-12H,10H2,1-3H3,(H,20,21). The molecule has 1 aliphatic rings. The molecule has 0 aliphatic carbocycles. The molecular formula is C19H20O5. The molecule has 0 radical (unpaired) electrons. The Morgan fingerprint density at radius 2 is 1.79 bits per heavy atom. The molecule has 24 heavy (non-hydrogen) atoms. The Balaban J connectivity index is 1.80. The number of fused-ring (bicyclic) bond motifs is 1. The Morgan fingerprint density at radius 3 is 2.42 bits per heavy atom. The number of benzene rings is 2. The van der Waals surface area contributed by atoms with Crippen LogP contribution in [0, 0.1) is 5.92 Å². The first-order valence-corrected chi connectivity index (χ1v) is 7.88. The summed E-state index contributed by atoms with van der Waals surface area (Å²) in [5.74, 6) is 0.869. The van der Waals surface area contributed by atoms with E-state index in [-0.39, 0.29) is 5.75 Å². The smallest absolute Gasteiger partial charge is 0.449 e. The largest absolute Gasteiger partial charge is 0.511 e. The summed E-state index contributed by atoms with van der Waals surface area (Å²) < 4.78 is 16.5. The second kappa shape index (κ2) is 6.07. The van der Waals surface area contributed by atoms with Gasteiger partial charge in [-0.15, -0.1) is 0 Å². The summed E-state index contributed by atoms with van der Waals surface area (Å²) in [6, 6.07) is 12.8. The van der Waals surface area contributed by atoms with Crippen LogP contribution in [-0.4, -0.2) is 11.3 Å². The van der Waals surface area contributed by atoms with Crippen LogP contribution in [0.15, 0.2) is 42.5 Å². The minimum Gasteiger partial charge on any atom is -0.449 e. The number of hydrogen-bond donors (Lipinski definition) is 1. The van der Waals surface area contributed by atoms with E-state index in [1.807, 2.05) is 19.1 Å². The minimum absolute atomic E-state index is 0.196. The summed E-state index contributed by atoms with van der Waals surface area (Å²) in [5.41, 5.74) is 2.16. The molecule has 0 saturated carbocycles. The van der Waals surface area contributed by atoms with Crippen LogP contribution in [0.2, 0.25) is 0 Å². The van der Waals surface area contributed by atoms with Gasteiger partial charge in [-0.25, -0.2) is 4.79 Å². The highest BCUT2D eigenvalue weighted by Gasteiger charge is 2.39. The molecule has 2 aromatic rings. The van der Waals surface area contributed by atoms with E-state index in [1.165, 1.54) is 17.7 Å². The van der Waals surface area contributed by atoms with E-state index in [9.17, 15) is 4.79 Å². The molecule has 1 aliphatic heterocycles. The zero-order valence-corrected chi connectivity index (χ0v) is 13.9. The van der Waals surface area contributed by atoms with Crippen LogP contribution < -0.4 is 14.2 Å². The normalized spacial score (nSPS) is 18.7. The second-order valence-corrected chi connectivity index (χ2v) is 6.42. The Morgan fingerprint density at radius 1 is 1.12 bits per heavy atom. The SMILES string of the molecule is CC(C)Cc1ccc(C2(C)Oc3ccc(OC(=O)O)cc3O2)cc1. The first-order chi connectivity index (χ1) is 11.4. The average molecular weight is 328 g/mol. The van der Waals surface area contributed by atoms with Crippen LogP contribution >= 0.6 is 0 Å². The van der Waals surface area contributed by atoms with Gasteiger partial charge < -0.3 is 19.3 Å². The summed E-state index contributed by atoms with van der Waals surface area (Å²) in [7, 11) is 0. The molecule has 0 bridgehead atoms. The van der Waals surface area contributed by atoms with E-state index in [2.05, 4.69) is 30.7 Å². The van der Waals surface area contributed by atoms with Crippen molar-refractivity contribution in [2.45, 2.75) is 33.0 Å². The zero-order chi connectivity index (χ0) is 17.3. The van der Waals surface area contributed by atoms with Crippen molar-refractivity contribution in [2.24, 2.45) is 5.92 Å². The van der Waals surface area contributed by atoms with Crippen LogP contribution in [0.4, 0.5) is 4.79 Å². The lowest BCUT2D eigenvalue weighted by Gasteiger charge is -2.23. The first-order valence-electron chi connectivity index (χ1n) is 7.88. The number of ether oxygens (including phenoxy) is 3.